The first-order valence-electron chi connectivity index (χ1n) is 6.48. The molecule has 6 N–H and O–H groups in total. The van der Waals surface area contributed by atoms with Gasteiger partial charge in [0.2, 0.25) is 11.8 Å². The number of carboxylic acids is 1. The average molecular weight is 302 g/mol. The van der Waals surface area contributed by atoms with Crippen LogP contribution in [0.2, 0.25) is 0 Å². The number of nitrogens with two attached hydrogens (primary N) is 2. The highest BCUT2D eigenvalue weighted by Crippen LogP contribution is 2.02. The van der Waals surface area contributed by atoms with Crippen molar-refractivity contribution in [1.29, 1.82) is 0 Å². The molecule has 0 radical (unpaired) electrons. The van der Waals surface area contributed by atoms with E-state index in [9.17, 15) is 19.2 Å². The molecule has 0 aliphatic rings. The standard InChI is InChI=1S/C12H22N4O5/c1-7(2)5-16(6-10(14)18)12(21)15-8(11(19)20)3-4-9(13)17/h7-8H,3-6H2,1-2H3,(H2,13,17)(H2,14,18)(H,15,21)(H,19,20). The summed E-state index contributed by atoms with van der Waals surface area (Å²) < 4.78 is 0. The molecule has 1 unspecified atom stereocenters. The zero-order valence-corrected chi connectivity index (χ0v) is 12.2. The number of carboxylic acid groups (broad SMARTS) is 1. The van der Waals surface area contributed by atoms with Gasteiger partial charge in [-0.25, -0.2) is 9.59 Å². The molecule has 0 fully saturated rings. The molecule has 0 aliphatic heterocycles. The van der Waals surface area contributed by atoms with Gasteiger partial charge in [-0.1, -0.05) is 13.8 Å². The van der Waals surface area contributed by atoms with Crippen molar-refractivity contribution in [3.05, 3.63) is 0 Å². The van der Waals surface area contributed by atoms with E-state index in [1.165, 1.54) is 0 Å². The summed E-state index contributed by atoms with van der Waals surface area (Å²) in [6.07, 6.45) is -0.292. The summed E-state index contributed by atoms with van der Waals surface area (Å²) in [7, 11) is 0. The van der Waals surface area contributed by atoms with Crippen LogP contribution in [0.5, 0.6) is 0 Å². The maximum absolute atomic E-state index is 12.0. The molecule has 1 atom stereocenters. The van der Waals surface area contributed by atoms with E-state index in [0.717, 1.165) is 4.90 Å². The number of hydrogen-bond donors (Lipinski definition) is 4. The molecular weight excluding hydrogens is 280 g/mol. The third kappa shape index (κ3) is 8.45. The minimum atomic E-state index is -1.28. The summed E-state index contributed by atoms with van der Waals surface area (Å²) in [6, 6.07) is -1.98. The number of nitrogens with zero attached hydrogens (tertiary/aromatic N) is 1. The van der Waals surface area contributed by atoms with Crippen molar-refractivity contribution in [1.82, 2.24) is 10.2 Å². The van der Waals surface area contributed by atoms with E-state index in [-0.39, 0.29) is 31.8 Å². The lowest BCUT2D eigenvalue weighted by molar-refractivity contribution is -0.139. The molecule has 0 saturated carbocycles. The third-order valence-electron chi connectivity index (χ3n) is 2.49. The van der Waals surface area contributed by atoms with E-state index < -0.39 is 29.9 Å². The maximum atomic E-state index is 12.0. The maximum Gasteiger partial charge on any atom is 0.326 e. The van der Waals surface area contributed by atoms with Crippen molar-refractivity contribution in [2.75, 3.05) is 13.1 Å². The second kappa shape index (κ2) is 8.77. The second-order valence-electron chi connectivity index (χ2n) is 5.09. The van der Waals surface area contributed by atoms with Gasteiger partial charge in [0, 0.05) is 13.0 Å². The lowest BCUT2D eigenvalue weighted by Crippen LogP contribution is -2.51. The fraction of sp³-hybridized carbons (Fsp3) is 0.667. The molecule has 0 saturated heterocycles. The van der Waals surface area contributed by atoms with Crippen LogP contribution in [0, 0.1) is 5.92 Å². The largest absolute Gasteiger partial charge is 0.480 e. The quantitative estimate of drug-likeness (QED) is 0.423. The Morgan fingerprint density at radius 1 is 1.14 bits per heavy atom. The number of carbonyl (C=O) groups is 4. The number of aliphatic carboxylic acids is 1. The van der Waals surface area contributed by atoms with E-state index in [2.05, 4.69) is 5.32 Å². The predicted octanol–water partition coefficient (Wildman–Crippen LogP) is -1.14. The normalized spacial score (nSPS) is 11.8. The number of amides is 4. The van der Waals surface area contributed by atoms with E-state index in [0.29, 0.717) is 0 Å². The lowest BCUT2D eigenvalue weighted by Gasteiger charge is -2.25. The fourth-order valence-corrected chi connectivity index (χ4v) is 1.63. The summed E-state index contributed by atoms with van der Waals surface area (Å²) in [4.78, 5) is 45.8. The van der Waals surface area contributed by atoms with E-state index in [1.54, 1.807) is 0 Å². The predicted molar refractivity (Wildman–Crippen MR) is 74.0 cm³/mol. The fourth-order valence-electron chi connectivity index (χ4n) is 1.63. The van der Waals surface area contributed by atoms with Gasteiger partial charge in [-0.3, -0.25) is 9.59 Å². The van der Waals surface area contributed by atoms with Crippen molar-refractivity contribution in [3.8, 4) is 0 Å². The summed E-state index contributed by atoms with van der Waals surface area (Å²) in [6.45, 7) is 3.61. The van der Waals surface area contributed by atoms with Gasteiger partial charge in [0.05, 0.1) is 0 Å². The summed E-state index contributed by atoms with van der Waals surface area (Å²) in [5, 5.41) is 11.3. The highest BCUT2D eigenvalue weighted by molar-refractivity contribution is 5.86. The zero-order valence-electron chi connectivity index (χ0n) is 12.2. The van der Waals surface area contributed by atoms with E-state index in [1.807, 2.05) is 13.8 Å². The monoisotopic (exact) mass is 302 g/mol. The van der Waals surface area contributed by atoms with Gasteiger partial charge in [-0.05, 0) is 12.3 Å². The second-order valence-corrected chi connectivity index (χ2v) is 5.09. The van der Waals surface area contributed by atoms with Crippen molar-refractivity contribution in [2.45, 2.75) is 32.7 Å². The van der Waals surface area contributed by atoms with Crippen LogP contribution in [0.3, 0.4) is 0 Å². The first kappa shape index (κ1) is 18.7. The Kier molecular flexibility index (Phi) is 7.80. The summed E-state index contributed by atoms with van der Waals surface area (Å²) in [5.74, 6) is -2.57. The van der Waals surface area contributed by atoms with Crippen LogP contribution in [-0.4, -0.2) is 53.0 Å². The molecular formula is C12H22N4O5. The van der Waals surface area contributed by atoms with Gasteiger partial charge in [0.1, 0.15) is 12.6 Å². The van der Waals surface area contributed by atoms with Crippen LogP contribution >= 0.6 is 0 Å². The number of carbonyl (C=O) groups excluding carboxylic acids is 3. The molecule has 0 heterocycles. The lowest BCUT2D eigenvalue weighted by atomic mass is 10.1. The summed E-state index contributed by atoms with van der Waals surface area (Å²) in [5.41, 5.74) is 10.0. The molecule has 0 spiro atoms. The smallest absolute Gasteiger partial charge is 0.326 e. The number of hydrogen-bond acceptors (Lipinski definition) is 4. The van der Waals surface area contributed by atoms with Gasteiger partial charge in [0.15, 0.2) is 0 Å². The molecule has 0 rings (SSSR count). The third-order valence-corrected chi connectivity index (χ3v) is 2.49. The van der Waals surface area contributed by atoms with Crippen molar-refractivity contribution in [2.24, 2.45) is 17.4 Å². The molecule has 0 aromatic heterocycles. The number of nitrogens with one attached hydrogen (secondary N) is 1. The average Bonchev–Trinajstić information content (AvgIpc) is 2.31. The van der Waals surface area contributed by atoms with Crippen molar-refractivity contribution < 1.29 is 24.3 Å². The first-order valence-corrected chi connectivity index (χ1v) is 6.48. The van der Waals surface area contributed by atoms with Crippen LogP contribution in [0.25, 0.3) is 0 Å². The number of rotatable bonds is 9. The van der Waals surface area contributed by atoms with Crippen LogP contribution in [0.4, 0.5) is 4.79 Å². The Labute approximate surface area is 122 Å². The van der Waals surface area contributed by atoms with E-state index >= 15 is 0 Å². The van der Waals surface area contributed by atoms with Crippen LogP contribution in [0.1, 0.15) is 26.7 Å². The highest BCUT2D eigenvalue weighted by atomic mass is 16.4. The topological polar surface area (TPSA) is 156 Å². The highest BCUT2D eigenvalue weighted by Gasteiger charge is 2.24. The Morgan fingerprint density at radius 2 is 1.71 bits per heavy atom. The van der Waals surface area contributed by atoms with Gasteiger partial charge < -0.3 is 26.8 Å². The molecule has 120 valence electrons. The van der Waals surface area contributed by atoms with Crippen LogP contribution in [-0.2, 0) is 14.4 Å². The SMILES string of the molecule is CC(C)CN(CC(N)=O)C(=O)NC(CCC(N)=O)C(=O)O. The van der Waals surface area contributed by atoms with Crippen molar-refractivity contribution in [3.63, 3.8) is 0 Å². The molecule has 9 nitrogen and oxygen atoms in total. The molecule has 0 aliphatic carbocycles. The van der Waals surface area contributed by atoms with Gasteiger partial charge in [-0.2, -0.15) is 0 Å². The first-order chi connectivity index (χ1) is 9.63. The van der Waals surface area contributed by atoms with Gasteiger partial charge in [0.25, 0.3) is 0 Å². The summed E-state index contributed by atoms with van der Waals surface area (Å²) >= 11 is 0. The van der Waals surface area contributed by atoms with Gasteiger partial charge in [-0.15, -0.1) is 0 Å². The Morgan fingerprint density at radius 3 is 2.10 bits per heavy atom. The number of urea groups is 1. The molecule has 21 heavy (non-hydrogen) atoms. The van der Waals surface area contributed by atoms with E-state index in [4.69, 9.17) is 16.6 Å². The Bertz CT molecular complexity index is 410. The van der Waals surface area contributed by atoms with Crippen molar-refractivity contribution >= 4 is 23.8 Å². The van der Waals surface area contributed by atoms with Gasteiger partial charge >= 0.3 is 12.0 Å². The van der Waals surface area contributed by atoms with Crippen LogP contribution < -0.4 is 16.8 Å². The number of primary amides is 2. The minimum absolute atomic E-state index is 0.0731. The molecule has 0 aromatic rings. The molecule has 0 aromatic carbocycles. The zero-order chi connectivity index (χ0) is 16.6. The minimum Gasteiger partial charge on any atom is -0.480 e. The molecule has 4 amide bonds. The van der Waals surface area contributed by atoms with Crippen LogP contribution in [0.15, 0.2) is 0 Å². The Hall–Kier alpha value is -2.32. The Balaban J connectivity index is 4.76. The molecule has 0 bridgehead atoms. The molecule has 9 heteroatoms.